The molecule has 1 aromatic rings. The zero-order chi connectivity index (χ0) is 33.4. The highest BCUT2D eigenvalue weighted by molar-refractivity contribution is 5.95. The van der Waals surface area contributed by atoms with Crippen LogP contribution in [0.4, 0.5) is 0 Å². The molecule has 1 aromatic carbocycles. The molecule has 10 nitrogen and oxygen atoms in total. The van der Waals surface area contributed by atoms with E-state index in [1.165, 1.54) is 6.92 Å². The lowest BCUT2D eigenvalue weighted by atomic mass is 9.43. The molecule has 3 saturated carbocycles. The number of rotatable bonds is 5. The highest BCUT2D eigenvalue weighted by atomic mass is 16.6. The highest BCUT2D eigenvalue weighted by Gasteiger charge is 2.77. The van der Waals surface area contributed by atoms with Gasteiger partial charge in [0.1, 0.15) is 17.8 Å². The summed E-state index contributed by atoms with van der Waals surface area (Å²) in [6.45, 7) is 9.89. The molecule has 4 aliphatic carbocycles. The van der Waals surface area contributed by atoms with E-state index in [4.69, 9.17) is 18.9 Å². The van der Waals surface area contributed by atoms with Gasteiger partial charge >= 0.3 is 17.9 Å². The molecule has 4 fully saturated rings. The first-order chi connectivity index (χ1) is 21.6. The lowest BCUT2D eigenvalue weighted by Gasteiger charge is -2.68. The molecule has 5 aliphatic rings. The van der Waals surface area contributed by atoms with E-state index in [9.17, 15) is 24.6 Å². The zero-order valence-corrected chi connectivity index (χ0v) is 27.5. The molecule has 10 heteroatoms. The summed E-state index contributed by atoms with van der Waals surface area (Å²) in [5, 5.41) is 24.6. The maximum Gasteiger partial charge on any atom is 0.338 e. The van der Waals surface area contributed by atoms with Crippen molar-refractivity contribution in [2.45, 2.75) is 116 Å². The Morgan fingerprint density at radius 3 is 2.26 bits per heavy atom. The molecule has 0 radical (unpaired) electrons. The van der Waals surface area contributed by atoms with E-state index in [2.05, 4.69) is 0 Å². The molecule has 1 heterocycles. The Labute approximate surface area is 269 Å². The molecule has 46 heavy (non-hydrogen) atoms. The summed E-state index contributed by atoms with van der Waals surface area (Å²) < 4.78 is 24.9. The van der Waals surface area contributed by atoms with Gasteiger partial charge in [-0.1, -0.05) is 58.7 Å². The fourth-order valence-corrected chi connectivity index (χ4v) is 9.37. The third kappa shape index (κ3) is 4.61. The standard InChI is InChI=1S/C36H46O10/c1-19-16-25-35(18-43-25,46-32(41)23-14-10-11-15-23)28-30(45-31(40)22-12-8-7-9-13-22)36(42)17-24(38)20(2)26(33(36,4)5)27(44-21(3)37)29(39)34(19,28)6/h7-9,12-13,19,23-25,27-28,30,38,42H,10-11,14-18H2,1-6H3. The average molecular weight is 639 g/mol. The van der Waals surface area contributed by atoms with Gasteiger partial charge in [0.25, 0.3) is 0 Å². The Bertz CT molecular complexity index is 1460. The molecular weight excluding hydrogens is 592 g/mol. The first-order valence-corrected chi connectivity index (χ1v) is 16.5. The van der Waals surface area contributed by atoms with E-state index < -0.39 is 82.0 Å². The molecule has 2 bridgehead atoms. The second-order valence-corrected chi connectivity index (χ2v) is 15.0. The summed E-state index contributed by atoms with van der Waals surface area (Å²) in [5.41, 5.74) is -5.28. The summed E-state index contributed by atoms with van der Waals surface area (Å²) in [4.78, 5) is 55.6. The number of aliphatic hydroxyl groups excluding tert-OH is 1. The minimum Gasteiger partial charge on any atom is -0.455 e. The second-order valence-electron chi connectivity index (χ2n) is 15.0. The Hall–Kier alpha value is -3.08. The summed E-state index contributed by atoms with van der Waals surface area (Å²) in [5.74, 6) is -4.12. The van der Waals surface area contributed by atoms with Crippen molar-refractivity contribution >= 4 is 23.7 Å². The van der Waals surface area contributed by atoms with E-state index in [1.54, 1.807) is 58.0 Å². The quantitative estimate of drug-likeness (QED) is 0.275. The molecule has 2 N–H and O–H groups in total. The van der Waals surface area contributed by atoms with Crippen molar-refractivity contribution in [2.24, 2.45) is 28.6 Å². The Kier molecular flexibility index (Phi) is 8.05. The molecule has 9 unspecified atom stereocenters. The van der Waals surface area contributed by atoms with Crippen LogP contribution in [0.15, 0.2) is 41.5 Å². The largest absolute Gasteiger partial charge is 0.455 e. The first kappa shape index (κ1) is 32.8. The molecule has 0 amide bonds. The highest BCUT2D eigenvalue weighted by Crippen LogP contribution is 2.65. The van der Waals surface area contributed by atoms with Gasteiger partial charge in [0.05, 0.1) is 30.1 Å². The predicted molar refractivity (Wildman–Crippen MR) is 164 cm³/mol. The maximum absolute atomic E-state index is 15.2. The van der Waals surface area contributed by atoms with Crippen LogP contribution in [-0.4, -0.2) is 76.1 Å². The van der Waals surface area contributed by atoms with Crippen LogP contribution in [0.3, 0.4) is 0 Å². The number of carbonyl (C=O) groups excluding carboxylic acids is 4. The van der Waals surface area contributed by atoms with Crippen molar-refractivity contribution in [3.05, 3.63) is 47.0 Å². The third-order valence-electron chi connectivity index (χ3n) is 12.3. The van der Waals surface area contributed by atoms with E-state index in [1.807, 2.05) is 6.92 Å². The van der Waals surface area contributed by atoms with Gasteiger partial charge < -0.3 is 29.2 Å². The summed E-state index contributed by atoms with van der Waals surface area (Å²) in [6, 6.07) is 8.36. The van der Waals surface area contributed by atoms with Crippen molar-refractivity contribution in [1.82, 2.24) is 0 Å². The summed E-state index contributed by atoms with van der Waals surface area (Å²) in [7, 11) is 0. The van der Waals surface area contributed by atoms with Crippen LogP contribution in [0.25, 0.3) is 0 Å². The van der Waals surface area contributed by atoms with Gasteiger partial charge in [0.2, 0.25) is 0 Å². The number of aliphatic hydroxyl groups is 2. The van der Waals surface area contributed by atoms with E-state index >= 15 is 4.79 Å². The lowest BCUT2D eigenvalue weighted by molar-refractivity contribution is -0.341. The number of carbonyl (C=O) groups is 4. The summed E-state index contributed by atoms with van der Waals surface area (Å²) in [6.07, 6.45) is -1.43. The number of fused-ring (bicyclic) bond motifs is 5. The van der Waals surface area contributed by atoms with Gasteiger partial charge in [-0.15, -0.1) is 0 Å². The smallest absolute Gasteiger partial charge is 0.338 e. The molecule has 0 spiro atoms. The number of hydrogen-bond acceptors (Lipinski definition) is 10. The van der Waals surface area contributed by atoms with Crippen LogP contribution >= 0.6 is 0 Å². The number of Topliss-reactive ketones (excluding diaryl/α,β-unsaturated/α-hetero) is 1. The van der Waals surface area contributed by atoms with Gasteiger partial charge in [0.15, 0.2) is 17.5 Å². The Morgan fingerprint density at radius 2 is 1.67 bits per heavy atom. The Balaban J connectivity index is 1.62. The normalized spacial score (nSPS) is 40.0. The van der Waals surface area contributed by atoms with Gasteiger partial charge in [-0.05, 0) is 55.4 Å². The van der Waals surface area contributed by atoms with Gasteiger partial charge in [-0.3, -0.25) is 14.4 Å². The second kappa shape index (κ2) is 11.3. The molecule has 9 atom stereocenters. The molecule has 0 aromatic heterocycles. The third-order valence-corrected chi connectivity index (χ3v) is 12.3. The van der Waals surface area contributed by atoms with Crippen molar-refractivity contribution < 1.29 is 48.3 Å². The fraction of sp³-hybridized carbons (Fsp3) is 0.667. The fourth-order valence-electron chi connectivity index (χ4n) is 9.37. The van der Waals surface area contributed by atoms with Crippen LogP contribution in [0.5, 0.6) is 0 Å². The monoisotopic (exact) mass is 638 g/mol. The Morgan fingerprint density at radius 1 is 1.02 bits per heavy atom. The number of ether oxygens (including phenoxy) is 4. The topological polar surface area (TPSA) is 146 Å². The van der Waals surface area contributed by atoms with Crippen LogP contribution in [0.1, 0.15) is 90.4 Å². The van der Waals surface area contributed by atoms with Gasteiger partial charge in [-0.2, -0.15) is 0 Å². The van der Waals surface area contributed by atoms with Crippen molar-refractivity contribution in [1.29, 1.82) is 0 Å². The van der Waals surface area contributed by atoms with Crippen LogP contribution in [-0.2, 0) is 33.3 Å². The minimum atomic E-state index is -2.00. The van der Waals surface area contributed by atoms with Crippen LogP contribution in [0, 0.1) is 28.6 Å². The van der Waals surface area contributed by atoms with Gasteiger partial charge in [-0.25, -0.2) is 4.79 Å². The minimum absolute atomic E-state index is 0.0607. The van der Waals surface area contributed by atoms with Crippen LogP contribution < -0.4 is 0 Å². The molecule has 6 rings (SSSR count). The molecule has 1 aliphatic heterocycles. The molecule has 1 saturated heterocycles. The average Bonchev–Trinajstić information content (AvgIpc) is 3.55. The van der Waals surface area contributed by atoms with E-state index in [0.717, 1.165) is 12.8 Å². The predicted octanol–water partition coefficient (Wildman–Crippen LogP) is 4.10. The molecular formula is C36H46O10. The van der Waals surface area contributed by atoms with E-state index in [0.29, 0.717) is 24.8 Å². The SMILES string of the molecule is CC(=O)OC1C(=O)C2(C)C(C)CC3OCC3(OC(=O)C3CCCC3)C2C(OC(=O)c2ccccc2)C2(O)CC(O)C(C)=C1C2(C)C. The zero-order valence-electron chi connectivity index (χ0n) is 27.5. The van der Waals surface area contributed by atoms with Crippen molar-refractivity contribution in [3.8, 4) is 0 Å². The lowest BCUT2D eigenvalue weighted by Crippen LogP contribution is -2.81. The van der Waals surface area contributed by atoms with Crippen molar-refractivity contribution in [3.63, 3.8) is 0 Å². The first-order valence-electron chi connectivity index (χ1n) is 16.5. The molecule has 250 valence electrons. The summed E-state index contributed by atoms with van der Waals surface area (Å²) >= 11 is 0. The van der Waals surface area contributed by atoms with Gasteiger partial charge in [0, 0.05) is 24.2 Å². The number of ketones is 1. The number of hydrogen-bond donors (Lipinski definition) is 2. The van der Waals surface area contributed by atoms with E-state index in [-0.39, 0.29) is 30.1 Å². The van der Waals surface area contributed by atoms with Crippen LogP contribution in [0.2, 0.25) is 0 Å². The number of benzene rings is 1. The number of esters is 3. The van der Waals surface area contributed by atoms with Crippen molar-refractivity contribution in [2.75, 3.05) is 6.61 Å². The maximum atomic E-state index is 15.2.